The molecule has 8 heteroatoms. The maximum Gasteiger partial charge on any atom is 0.225 e. The Morgan fingerprint density at radius 2 is 1.81 bits per heavy atom. The van der Waals surface area contributed by atoms with E-state index < -0.39 is 9.84 Å². The zero-order valence-corrected chi connectivity index (χ0v) is 19.1. The van der Waals surface area contributed by atoms with Gasteiger partial charge in [-0.1, -0.05) is 11.2 Å². The average Bonchev–Trinajstić information content (AvgIpc) is 3.07. The molecule has 0 saturated carbocycles. The number of sulfone groups is 1. The van der Waals surface area contributed by atoms with Gasteiger partial charge >= 0.3 is 0 Å². The fourth-order valence-corrected chi connectivity index (χ4v) is 4.56. The lowest BCUT2D eigenvalue weighted by Crippen LogP contribution is -2.18. The van der Waals surface area contributed by atoms with Gasteiger partial charge in [-0.3, -0.25) is 4.79 Å². The summed E-state index contributed by atoms with van der Waals surface area (Å²) in [5.41, 5.74) is 4.95. The highest BCUT2D eigenvalue weighted by Gasteiger charge is 2.23. The summed E-state index contributed by atoms with van der Waals surface area (Å²) >= 11 is 0. The molecule has 164 valence electrons. The Morgan fingerprint density at radius 1 is 1.06 bits per heavy atom. The molecule has 0 unspecified atom stereocenters. The molecule has 0 fully saturated rings. The first-order valence-corrected chi connectivity index (χ1v) is 11.5. The van der Waals surface area contributed by atoms with Crippen LogP contribution in [-0.2, 0) is 14.6 Å². The number of aromatic nitrogens is 1. The quantitative estimate of drug-likeness (QED) is 0.583. The van der Waals surface area contributed by atoms with Crippen LogP contribution in [0.25, 0.3) is 11.3 Å². The number of carbonyl (C=O) groups is 1. The molecule has 0 atom stereocenters. The summed E-state index contributed by atoms with van der Waals surface area (Å²) in [5, 5.41) is 6.68. The predicted octanol–water partition coefficient (Wildman–Crippen LogP) is 4.39. The van der Waals surface area contributed by atoms with Crippen molar-refractivity contribution in [3.63, 3.8) is 0 Å². The number of aryl methyl sites for hydroxylation is 3. The van der Waals surface area contributed by atoms with Gasteiger partial charge in [0.2, 0.25) is 5.91 Å². The predicted molar refractivity (Wildman–Crippen MR) is 119 cm³/mol. The molecule has 31 heavy (non-hydrogen) atoms. The second-order valence-corrected chi connectivity index (χ2v) is 9.58. The number of carbonyl (C=O) groups excluding carboxylic acids is 1. The van der Waals surface area contributed by atoms with E-state index in [0.717, 1.165) is 22.4 Å². The molecule has 1 amide bonds. The topological polar surface area (TPSA) is 98.5 Å². The zero-order chi connectivity index (χ0) is 22.8. The van der Waals surface area contributed by atoms with Gasteiger partial charge in [-0.05, 0) is 69.2 Å². The van der Waals surface area contributed by atoms with Gasteiger partial charge in [0.15, 0.2) is 15.6 Å². The van der Waals surface area contributed by atoms with Crippen molar-refractivity contribution in [2.24, 2.45) is 0 Å². The SMILES string of the molecule is COc1ccc(-c2onc(C)c2C)cc1S(=O)(=O)CCC(=O)Nc1ccc(C)c(C)c1. The molecule has 0 radical (unpaired) electrons. The Kier molecular flexibility index (Phi) is 6.50. The number of nitrogens with zero attached hydrogens (tertiary/aromatic N) is 1. The molecule has 0 aliphatic rings. The number of anilines is 1. The molecule has 1 N–H and O–H groups in total. The summed E-state index contributed by atoms with van der Waals surface area (Å²) in [4.78, 5) is 12.4. The van der Waals surface area contributed by atoms with Crippen LogP contribution in [0.4, 0.5) is 5.69 Å². The van der Waals surface area contributed by atoms with Crippen LogP contribution in [0.1, 0.15) is 28.8 Å². The summed E-state index contributed by atoms with van der Waals surface area (Å²) in [6.07, 6.45) is -0.177. The molecule has 1 heterocycles. The van der Waals surface area contributed by atoms with E-state index in [1.165, 1.54) is 13.2 Å². The molecule has 1 aromatic heterocycles. The van der Waals surface area contributed by atoms with E-state index in [9.17, 15) is 13.2 Å². The molecule has 0 aliphatic carbocycles. The molecule has 0 aliphatic heterocycles. The minimum atomic E-state index is -3.79. The number of hydrogen-bond acceptors (Lipinski definition) is 6. The molecule has 3 rings (SSSR count). The largest absolute Gasteiger partial charge is 0.495 e. The van der Waals surface area contributed by atoms with Crippen molar-refractivity contribution < 1.29 is 22.5 Å². The van der Waals surface area contributed by atoms with Crippen LogP contribution in [0, 0.1) is 27.7 Å². The summed E-state index contributed by atoms with van der Waals surface area (Å²) < 4.78 is 36.7. The van der Waals surface area contributed by atoms with E-state index >= 15 is 0 Å². The lowest BCUT2D eigenvalue weighted by atomic mass is 10.1. The Bertz CT molecular complexity index is 1230. The third kappa shape index (κ3) is 4.96. The van der Waals surface area contributed by atoms with E-state index in [1.807, 2.05) is 39.8 Å². The number of benzene rings is 2. The molecule has 2 aromatic carbocycles. The Morgan fingerprint density at radius 3 is 2.42 bits per heavy atom. The highest BCUT2D eigenvalue weighted by Crippen LogP contribution is 2.33. The summed E-state index contributed by atoms with van der Waals surface area (Å²) in [5.74, 6) is -0.00213. The number of methoxy groups -OCH3 is 1. The van der Waals surface area contributed by atoms with E-state index in [0.29, 0.717) is 17.0 Å². The highest BCUT2D eigenvalue weighted by atomic mass is 32.2. The maximum atomic E-state index is 13.0. The van der Waals surface area contributed by atoms with E-state index in [2.05, 4.69) is 10.5 Å². The van der Waals surface area contributed by atoms with Gasteiger partial charge < -0.3 is 14.6 Å². The number of rotatable bonds is 7. The van der Waals surface area contributed by atoms with Gasteiger partial charge in [0.25, 0.3) is 0 Å². The first-order valence-electron chi connectivity index (χ1n) is 9.83. The van der Waals surface area contributed by atoms with Gasteiger partial charge in [-0.15, -0.1) is 0 Å². The Balaban J connectivity index is 1.80. The monoisotopic (exact) mass is 442 g/mol. The van der Waals surface area contributed by atoms with Crippen LogP contribution in [0.2, 0.25) is 0 Å². The van der Waals surface area contributed by atoms with E-state index in [4.69, 9.17) is 9.26 Å². The third-order valence-electron chi connectivity index (χ3n) is 5.31. The first-order chi connectivity index (χ1) is 14.6. The van der Waals surface area contributed by atoms with Crippen molar-refractivity contribution in [1.82, 2.24) is 5.16 Å². The standard InChI is InChI=1S/C23H26N2O5S/c1-14-6-8-19(12-15(14)2)24-22(26)10-11-31(27,28)21-13-18(7-9-20(21)29-5)23-16(3)17(4)25-30-23/h6-9,12-13H,10-11H2,1-5H3,(H,24,26). The van der Waals surface area contributed by atoms with Crippen molar-refractivity contribution in [3.05, 3.63) is 58.8 Å². The summed E-state index contributed by atoms with van der Waals surface area (Å²) in [6, 6.07) is 10.4. The van der Waals surface area contributed by atoms with Crippen LogP contribution in [0.5, 0.6) is 5.75 Å². The average molecular weight is 443 g/mol. The van der Waals surface area contributed by atoms with Crippen molar-refractivity contribution in [1.29, 1.82) is 0 Å². The zero-order valence-electron chi connectivity index (χ0n) is 18.3. The van der Waals surface area contributed by atoms with Gasteiger partial charge in [-0.25, -0.2) is 8.42 Å². The van der Waals surface area contributed by atoms with Crippen molar-refractivity contribution in [3.8, 4) is 17.1 Å². The third-order valence-corrected chi connectivity index (χ3v) is 7.04. The van der Waals surface area contributed by atoms with E-state index in [-0.39, 0.29) is 28.7 Å². The second-order valence-electron chi connectivity index (χ2n) is 7.50. The van der Waals surface area contributed by atoms with Gasteiger partial charge in [0, 0.05) is 23.2 Å². The van der Waals surface area contributed by atoms with Crippen molar-refractivity contribution >= 4 is 21.4 Å². The Hall–Kier alpha value is -3.13. The molecular weight excluding hydrogens is 416 g/mol. The lowest BCUT2D eigenvalue weighted by Gasteiger charge is -2.12. The number of nitrogens with one attached hydrogen (secondary N) is 1. The van der Waals surface area contributed by atoms with Crippen LogP contribution in [-0.4, -0.2) is 32.3 Å². The van der Waals surface area contributed by atoms with Gasteiger partial charge in [-0.2, -0.15) is 0 Å². The van der Waals surface area contributed by atoms with Crippen molar-refractivity contribution in [2.45, 2.75) is 39.0 Å². The van der Waals surface area contributed by atoms with Crippen molar-refractivity contribution in [2.75, 3.05) is 18.2 Å². The number of hydrogen-bond donors (Lipinski definition) is 1. The van der Waals surface area contributed by atoms with Crippen LogP contribution in [0.3, 0.4) is 0 Å². The molecule has 7 nitrogen and oxygen atoms in total. The van der Waals surface area contributed by atoms with Crippen LogP contribution in [0.15, 0.2) is 45.8 Å². The number of amides is 1. The normalized spacial score (nSPS) is 11.4. The first kappa shape index (κ1) is 22.6. The highest BCUT2D eigenvalue weighted by molar-refractivity contribution is 7.91. The summed E-state index contributed by atoms with van der Waals surface area (Å²) in [7, 11) is -2.38. The fourth-order valence-electron chi connectivity index (χ4n) is 3.13. The smallest absolute Gasteiger partial charge is 0.225 e. The van der Waals surface area contributed by atoms with Gasteiger partial charge in [0.05, 0.1) is 18.6 Å². The fraction of sp³-hybridized carbons (Fsp3) is 0.304. The molecule has 0 saturated heterocycles. The maximum absolute atomic E-state index is 13.0. The Labute approximate surface area is 182 Å². The van der Waals surface area contributed by atoms with Crippen LogP contribution >= 0.6 is 0 Å². The molecular formula is C23H26N2O5S. The minimum Gasteiger partial charge on any atom is -0.495 e. The van der Waals surface area contributed by atoms with Crippen LogP contribution < -0.4 is 10.1 Å². The lowest BCUT2D eigenvalue weighted by molar-refractivity contribution is -0.115. The molecule has 0 spiro atoms. The minimum absolute atomic E-state index is 0.0138. The molecule has 3 aromatic rings. The molecule has 0 bridgehead atoms. The number of ether oxygens (including phenoxy) is 1. The van der Waals surface area contributed by atoms with E-state index in [1.54, 1.807) is 18.2 Å². The second kappa shape index (κ2) is 8.93. The summed E-state index contributed by atoms with van der Waals surface area (Å²) in [6.45, 7) is 7.61. The van der Waals surface area contributed by atoms with Gasteiger partial charge in [0.1, 0.15) is 10.6 Å².